The smallest absolute Gasteiger partial charge is 0.227 e. The summed E-state index contributed by atoms with van der Waals surface area (Å²) in [5, 5.41) is 0. The normalized spacial score (nSPS) is 15.5. The first-order chi connectivity index (χ1) is 13.5. The summed E-state index contributed by atoms with van der Waals surface area (Å²) < 4.78 is 0. The highest BCUT2D eigenvalue weighted by Crippen LogP contribution is 2.20. The van der Waals surface area contributed by atoms with E-state index < -0.39 is 0 Å². The predicted molar refractivity (Wildman–Crippen MR) is 116 cm³/mol. The maximum absolute atomic E-state index is 13.3. The van der Waals surface area contributed by atoms with Gasteiger partial charge in [0.15, 0.2) is 0 Å². The zero-order valence-corrected chi connectivity index (χ0v) is 17.7. The van der Waals surface area contributed by atoms with E-state index >= 15 is 0 Å². The molecule has 2 aromatic rings. The summed E-state index contributed by atoms with van der Waals surface area (Å²) >= 11 is 0. The Morgan fingerprint density at radius 3 is 2.14 bits per heavy atom. The molecule has 1 heterocycles. The topological polar surface area (TPSA) is 23.6 Å². The molecule has 1 aliphatic rings. The molecule has 0 aliphatic carbocycles. The third kappa shape index (κ3) is 5.68. The molecule has 1 amide bonds. The number of rotatable bonds is 7. The van der Waals surface area contributed by atoms with Crippen molar-refractivity contribution in [3.05, 3.63) is 70.8 Å². The van der Waals surface area contributed by atoms with Crippen LogP contribution in [0, 0.1) is 6.92 Å². The fourth-order valence-corrected chi connectivity index (χ4v) is 4.01. The molecule has 0 aromatic heterocycles. The molecule has 3 heteroatoms. The molecule has 1 fully saturated rings. The Morgan fingerprint density at radius 2 is 1.54 bits per heavy atom. The summed E-state index contributed by atoms with van der Waals surface area (Å²) in [5.74, 6) is 0.248. The number of nitrogens with zero attached hydrogens (tertiary/aromatic N) is 2. The lowest BCUT2D eigenvalue weighted by Gasteiger charge is -2.37. The van der Waals surface area contributed by atoms with Crippen LogP contribution in [0.25, 0.3) is 0 Å². The van der Waals surface area contributed by atoms with Crippen LogP contribution >= 0.6 is 0 Å². The second-order valence-electron chi connectivity index (χ2n) is 8.28. The average molecular weight is 379 g/mol. The number of aryl methyl sites for hydroxylation is 2. The van der Waals surface area contributed by atoms with Crippen LogP contribution in [0.5, 0.6) is 0 Å². The highest BCUT2D eigenvalue weighted by atomic mass is 16.2. The lowest BCUT2D eigenvalue weighted by Crippen LogP contribution is -2.46. The number of carbonyl (C=O) groups excluding carboxylic acids is 1. The minimum Gasteiger partial charge on any atom is -0.335 e. The molecule has 0 atom stereocenters. The number of piperidine rings is 1. The van der Waals surface area contributed by atoms with Crippen molar-refractivity contribution < 1.29 is 4.79 Å². The van der Waals surface area contributed by atoms with E-state index in [0.29, 0.717) is 19.0 Å². The largest absolute Gasteiger partial charge is 0.335 e. The number of carbonyl (C=O) groups is 1. The summed E-state index contributed by atoms with van der Waals surface area (Å²) in [4.78, 5) is 17.8. The van der Waals surface area contributed by atoms with Gasteiger partial charge in [-0.3, -0.25) is 4.79 Å². The fourth-order valence-electron chi connectivity index (χ4n) is 4.01. The Bertz CT molecular complexity index is 743. The molecular weight excluding hydrogens is 344 g/mol. The first kappa shape index (κ1) is 20.6. The third-order valence-electron chi connectivity index (χ3n) is 5.84. The Morgan fingerprint density at radius 1 is 0.964 bits per heavy atom. The molecule has 28 heavy (non-hydrogen) atoms. The lowest BCUT2D eigenvalue weighted by molar-refractivity contribution is -0.134. The van der Waals surface area contributed by atoms with Crippen LogP contribution < -0.4 is 0 Å². The summed E-state index contributed by atoms with van der Waals surface area (Å²) in [6.07, 6.45) is 4.86. The highest BCUT2D eigenvalue weighted by molar-refractivity contribution is 5.79. The number of benzene rings is 2. The molecule has 0 radical (unpaired) electrons. The molecule has 1 saturated heterocycles. The Balaban J connectivity index is 1.72. The van der Waals surface area contributed by atoms with Crippen LogP contribution in [0.3, 0.4) is 0 Å². The maximum atomic E-state index is 13.3. The molecule has 0 bridgehead atoms. The van der Waals surface area contributed by atoms with Crippen LogP contribution in [0.15, 0.2) is 48.5 Å². The van der Waals surface area contributed by atoms with Crippen LogP contribution in [-0.2, 0) is 24.2 Å². The minimum atomic E-state index is 0.248. The van der Waals surface area contributed by atoms with Gasteiger partial charge < -0.3 is 9.80 Å². The maximum Gasteiger partial charge on any atom is 0.227 e. The molecule has 1 aliphatic heterocycles. The van der Waals surface area contributed by atoms with Crippen molar-refractivity contribution >= 4 is 5.91 Å². The molecule has 0 unspecified atom stereocenters. The number of likely N-dealkylation sites (tertiary alicyclic amines) is 1. The SMILES string of the molecule is CCCc1ccc(CC(=O)N(Cc2ccc(C)cc2)C2CCN(C)CC2)cc1. The van der Waals surface area contributed by atoms with E-state index in [-0.39, 0.29) is 5.91 Å². The standard InChI is InChI=1S/C25H34N2O/c1-4-5-21-10-12-22(13-11-21)18-25(28)27(24-14-16-26(3)17-15-24)19-23-8-6-20(2)7-9-23/h6-13,24H,4-5,14-19H2,1-3H3. The quantitative estimate of drug-likeness (QED) is 0.702. The van der Waals surface area contributed by atoms with Crippen molar-refractivity contribution in [2.45, 2.75) is 58.5 Å². The van der Waals surface area contributed by atoms with Crippen molar-refractivity contribution in [2.24, 2.45) is 0 Å². The summed E-state index contributed by atoms with van der Waals surface area (Å²) in [6, 6.07) is 17.5. The van der Waals surface area contributed by atoms with Gasteiger partial charge in [0.05, 0.1) is 6.42 Å². The first-order valence-electron chi connectivity index (χ1n) is 10.7. The van der Waals surface area contributed by atoms with Crippen LogP contribution in [0.1, 0.15) is 48.4 Å². The third-order valence-corrected chi connectivity index (χ3v) is 5.84. The van der Waals surface area contributed by atoms with Crippen molar-refractivity contribution in [1.82, 2.24) is 9.80 Å². The van der Waals surface area contributed by atoms with E-state index in [1.54, 1.807) is 0 Å². The molecule has 3 nitrogen and oxygen atoms in total. The second kappa shape index (κ2) is 9.88. The van der Waals surface area contributed by atoms with Gasteiger partial charge in [0.1, 0.15) is 0 Å². The monoisotopic (exact) mass is 378 g/mol. The van der Waals surface area contributed by atoms with Gasteiger partial charge in [-0.1, -0.05) is 67.4 Å². The summed E-state index contributed by atoms with van der Waals surface area (Å²) in [6.45, 7) is 7.14. The molecule has 2 aromatic carbocycles. The summed E-state index contributed by atoms with van der Waals surface area (Å²) in [7, 11) is 2.17. The fraction of sp³-hybridized carbons (Fsp3) is 0.480. The summed E-state index contributed by atoms with van der Waals surface area (Å²) in [5.41, 5.74) is 4.95. The second-order valence-corrected chi connectivity index (χ2v) is 8.28. The molecule has 3 rings (SSSR count). The molecule has 0 saturated carbocycles. The predicted octanol–water partition coefficient (Wildman–Crippen LogP) is 4.61. The zero-order valence-electron chi connectivity index (χ0n) is 17.7. The number of hydrogen-bond acceptors (Lipinski definition) is 2. The van der Waals surface area contributed by atoms with E-state index in [4.69, 9.17) is 0 Å². The lowest BCUT2D eigenvalue weighted by atomic mass is 10.0. The van der Waals surface area contributed by atoms with Crippen LogP contribution in [0.4, 0.5) is 0 Å². The van der Waals surface area contributed by atoms with Crippen LogP contribution in [-0.4, -0.2) is 41.9 Å². The Hall–Kier alpha value is -2.13. The van der Waals surface area contributed by atoms with Crippen molar-refractivity contribution in [3.63, 3.8) is 0 Å². The van der Waals surface area contributed by atoms with Crippen molar-refractivity contribution in [3.8, 4) is 0 Å². The van der Waals surface area contributed by atoms with Crippen LogP contribution in [0.2, 0.25) is 0 Å². The van der Waals surface area contributed by atoms with Gasteiger partial charge in [0.25, 0.3) is 0 Å². The van der Waals surface area contributed by atoms with E-state index in [9.17, 15) is 4.79 Å². The van der Waals surface area contributed by atoms with Crippen molar-refractivity contribution in [1.29, 1.82) is 0 Å². The van der Waals surface area contributed by atoms with Gasteiger partial charge in [0.2, 0.25) is 5.91 Å². The van der Waals surface area contributed by atoms with Gasteiger partial charge in [-0.15, -0.1) is 0 Å². The first-order valence-corrected chi connectivity index (χ1v) is 10.7. The van der Waals surface area contributed by atoms with E-state index in [0.717, 1.165) is 44.3 Å². The van der Waals surface area contributed by atoms with E-state index in [2.05, 4.69) is 79.2 Å². The number of hydrogen-bond donors (Lipinski definition) is 0. The molecule has 0 N–H and O–H groups in total. The Kier molecular flexibility index (Phi) is 7.27. The van der Waals surface area contributed by atoms with Gasteiger partial charge in [-0.2, -0.15) is 0 Å². The highest BCUT2D eigenvalue weighted by Gasteiger charge is 2.27. The molecule has 150 valence electrons. The van der Waals surface area contributed by atoms with Gasteiger partial charge in [0, 0.05) is 12.6 Å². The molecule has 0 spiro atoms. The van der Waals surface area contributed by atoms with E-state index in [1.165, 1.54) is 16.7 Å². The zero-order chi connectivity index (χ0) is 19.9. The van der Waals surface area contributed by atoms with Gasteiger partial charge in [-0.05, 0) is 63.0 Å². The van der Waals surface area contributed by atoms with Crippen molar-refractivity contribution in [2.75, 3.05) is 20.1 Å². The van der Waals surface area contributed by atoms with Gasteiger partial charge >= 0.3 is 0 Å². The Labute approximate surface area is 170 Å². The van der Waals surface area contributed by atoms with Gasteiger partial charge in [-0.25, -0.2) is 0 Å². The molecular formula is C25H34N2O. The number of amides is 1. The minimum absolute atomic E-state index is 0.248. The van der Waals surface area contributed by atoms with E-state index in [1.807, 2.05) is 0 Å². The average Bonchev–Trinajstić information content (AvgIpc) is 2.70.